The molecule has 0 saturated carbocycles. The van der Waals surface area contributed by atoms with Crippen molar-refractivity contribution in [3.8, 4) is 0 Å². The van der Waals surface area contributed by atoms with Gasteiger partial charge < -0.3 is 10.4 Å². The van der Waals surface area contributed by atoms with Gasteiger partial charge in [0, 0.05) is 6.42 Å². The Morgan fingerprint density at radius 2 is 0.862 bits per heavy atom. The summed E-state index contributed by atoms with van der Waals surface area (Å²) in [7, 11) is 0. The average Bonchev–Trinajstić information content (AvgIpc) is 2.70. The molecule has 0 aliphatic carbocycles. The summed E-state index contributed by atoms with van der Waals surface area (Å²) < 4.78 is 0. The van der Waals surface area contributed by atoms with Crippen molar-refractivity contribution >= 4 is 11.9 Å². The third kappa shape index (κ3) is 24.9. The largest absolute Gasteiger partial charge is 0.480 e. The average molecular weight is 412 g/mol. The van der Waals surface area contributed by atoms with Crippen molar-refractivity contribution in [2.24, 2.45) is 0 Å². The van der Waals surface area contributed by atoms with Gasteiger partial charge in [0.15, 0.2) is 0 Å². The second-order valence-electron chi connectivity index (χ2n) is 8.64. The number of nitrogens with one attached hydrogen (secondary N) is 1. The van der Waals surface area contributed by atoms with Crippen LogP contribution >= 0.6 is 0 Å². The molecule has 0 spiro atoms. The number of carbonyl (C=O) groups excluding carboxylic acids is 1. The molecule has 0 atom stereocenters. The number of amides is 1. The Morgan fingerprint density at radius 3 is 1.17 bits per heavy atom. The van der Waals surface area contributed by atoms with Crippen LogP contribution in [0.2, 0.25) is 0 Å². The van der Waals surface area contributed by atoms with Gasteiger partial charge in [-0.15, -0.1) is 0 Å². The van der Waals surface area contributed by atoms with Crippen LogP contribution in [0, 0.1) is 0 Å². The molecule has 1 amide bonds. The summed E-state index contributed by atoms with van der Waals surface area (Å²) in [6.45, 7) is 2.01. The molecule has 0 heterocycles. The van der Waals surface area contributed by atoms with Crippen molar-refractivity contribution in [3.05, 3.63) is 0 Å². The maximum Gasteiger partial charge on any atom is 0.322 e. The smallest absolute Gasteiger partial charge is 0.322 e. The maximum atomic E-state index is 11.4. The number of hydrogen-bond acceptors (Lipinski definition) is 2. The first-order valence-corrected chi connectivity index (χ1v) is 12.6. The van der Waals surface area contributed by atoms with Gasteiger partial charge in [0.1, 0.15) is 6.54 Å². The Hall–Kier alpha value is -1.06. The highest BCUT2D eigenvalue weighted by molar-refractivity contribution is 5.80. The van der Waals surface area contributed by atoms with E-state index in [4.69, 9.17) is 5.11 Å². The Balaban J connectivity index is 3.08. The van der Waals surface area contributed by atoms with E-state index in [1.807, 2.05) is 0 Å². The van der Waals surface area contributed by atoms with Crippen LogP contribution in [0.4, 0.5) is 0 Å². The van der Waals surface area contributed by atoms with Crippen LogP contribution in [-0.2, 0) is 9.59 Å². The van der Waals surface area contributed by atoms with Gasteiger partial charge in [-0.05, 0) is 6.42 Å². The fraction of sp³-hybridized carbons (Fsp3) is 0.920. The molecule has 0 saturated heterocycles. The van der Waals surface area contributed by atoms with Gasteiger partial charge in [-0.1, -0.05) is 129 Å². The third-order valence-electron chi connectivity index (χ3n) is 5.69. The molecule has 4 heteroatoms. The molecule has 2 N–H and O–H groups in total. The van der Waals surface area contributed by atoms with E-state index in [0.29, 0.717) is 6.42 Å². The monoisotopic (exact) mass is 411 g/mol. The molecule has 0 aliphatic rings. The van der Waals surface area contributed by atoms with Crippen LogP contribution in [0.15, 0.2) is 0 Å². The summed E-state index contributed by atoms with van der Waals surface area (Å²) in [5.41, 5.74) is 0. The summed E-state index contributed by atoms with van der Waals surface area (Å²) in [6, 6.07) is 0. The number of unbranched alkanes of at least 4 members (excludes halogenated alkanes) is 19. The van der Waals surface area contributed by atoms with Gasteiger partial charge in [0.25, 0.3) is 0 Å². The maximum absolute atomic E-state index is 11.4. The molecule has 0 rings (SSSR count). The topological polar surface area (TPSA) is 66.4 Å². The lowest BCUT2D eigenvalue weighted by atomic mass is 10.0. The zero-order valence-electron chi connectivity index (χ0n) is 19.3. The lowest BCUT2D eigenvalue weighted by molar-refractivity contribution is -0.137. The minimum atomic E-state index is -0.984. The van der Waals surface area contributed by atoms with E-state index in [1.165, 1.54) is 116 Å². The quantitative estimate of drug-likeness (QED) is 0.172. The molecule has 0 aromatic heterocycles. The van der Waals surface area contributed by atoms with E-state index in [9.17, 15) is 9.59 Å². The van der Waals surface area contributed by atoms with E-state index >= 15 is 0 Å². The second kappa shape index (κ2) is 23.2. The molecular weight excluding hydrogens is 362 g/mol. The molecule has 0 aromatic rings. The predicted octanol–water partition coefficient (Wildman–Crippen LogP) is 7.40. The van der Waals surface area contributed by atoms with Gasteiger partial charge in [0.05, 0.1) is 0 Å². The molecule has 0 unspecified atom stereocenters. The first kappa shape index (κ1) is 27.9. The zero-order chi connectivity index (χ0) is 21.4. The number of carboxylic acid groups (broad SMARTS) is 1. The van der Waals surface area contributed by atoms with Gasteiger partial charge in [0.2, 0.25) is 5.91 Å². The van der Waals surface area contributed by atoms with E-state index in [1.54, 1.807) is 0 Å². The van der Waals surface area contributed by atoms with Gasteiger partial charge in [-0.25, -0.2) is 0 Å². The summed E-state index contributed by atoms with van der Waals surface area (Å²) in [5.74, 6) is -1.13. The molecule has 4 nitrogen and oxygen atoms in total. The van der Waals surface area contributed by atoms with Crippen molar-refractivity contribution < 1.29 is 14.7 Å². The summed E-state index contributed by atoms with van der Waals surface area (Å²) in [4.78, 5) is 21.7. The minimum absolute atomic E-state index is 0.144. The summed E-state index contributed by atoms with van der Waals surface area (Å²) in [5, 5.41) is 10.9. The van der Waals surface area contributed by atoms with E-state index in [2.05, 4.69) is 12.2 Å². The number of carbonyl (C=O) groups is 2. The van der Waals surface area contributed by atoms with Crippen LogP contribution in [0.5, 0.6) is 0 Å². The van der Waals surface area contributed by atoms with Crippen molar-refractivity contribution in [2.75, 3.05) is 6.54 Å². The highest BCUT2D eigenvalue weighted by Gasteiger charge is 2.03. The Bertz CT molecular complexity index is 371. The number of hydrogen-bond donors (Lipinski definition) is 2. The number of rotatable bonds is 23. The minimum Gasteiger partial charge on any atom is -0.480 e. The van der Waals surface area contributed by atoms with Crippen LogP contribution in [0.1, 0.15) is 142 Å². The van der Waals surface area contributed by atoms with Gasteiger partial charge in [-0.2, -0.15) is 0 Å². The van der Waals surface area contributed by atoms with Crippen LogP contribution in [0.25, 0.3) is 0 Å². The third-order valence-corrected chi connectivity index (χ3v) is 5.69. The fourth-order valence-corrected chi connectivity index (χ4v) is 3.80. The summed E-state index contributed by atoms with van der Waals surface area (Å²) >= 11 is 0. The molecule has 0 bridgehead atoms. The molecule has 0 aromatic carbocycles. The highest BCUT2D eigenvalue weighted by atomic mass is 16.4. The molecule has 0 aliphatic heterocycles. The van der Waals surface area contributed by atoms with Gasteiger partial charge >= 0.3 is 5.97 Å². The Morgan fingerprint density at radius 1 is 0.552 bits per heavy atom. The predicted molar refractivity (Wildman–Crippen MR) is 123 cm³/mol. The number of carboxylic acids is 1. The van der Waals surface area contributed by atoms with E-state index < -0.39 is 5.97 Å². The SMILES string of the molecule is CCCCCCCCCCCCCCCCCCCCCCC(=O)NCC(=O)O. The van der Waals surface area contributed by atoms with Crippen LogP contribution < -0.4 is 5.32 Å². The Labute approximate surface area is 180 Å². The normalized spacial score (nSPS) is 10.9. The first-order valence-electron chi connectivity index (χ1n) is 12.6. The first-order chi connectivity index (χ1) is 14.2. The van der Waals surface area contributed by atoms with E-state index in [-0.39, 0.29) is 12.5 Å². The van der Waals surface area contributed by atoms with Crippen molar-refractivity contribution in [3.63, 3.8) is 0 Å². The standard InChI is InChI=1S/C25H49NO3/c1-2-3-4-5-6-7-8-9-10-11-12-13-14-15-16-17-18-19-20-21-22-24(27)26-23-25(28)29/h2-23H2,1H3,(H,26,27)(H,28,29). The van der Waals surface area contributed by atoms with Crippen LogP contribution in [0.3, 0.4) is 0 Å². The van der Waals surface area contributed by atoms with Crippen LogP contribution in [-0.4, -0.2) is 23.5 Å². The van der Waals surface area contributed by atoms with Gasteiger partial charge in [-0.3, -0.25) is 9.59 Å². The lowest BCUT2D eigenvalue weighted by Gasteiger charge is -2.04. The molecule has 29 heavy (non-hydrogen) atoms. The number of aliphatic carboxylic acids is 1. The zero-order valence-corrected chi connectivity index (χ0v) is 19.3. The van der Waals surface area contributed by atoms with Crippen molar-refractivity contribution in [1.82, 2.24) is 5.32 Å². The van der Waals surface area contributed by atoms with E-state index in [0.717, 1.165) is 12.8 Å². The molecular formula is C25H49NO3. The fourth-order valence-electron chi connectivity index (χ4n) is 3.80. The van der Waals surface area contributed by atoms with Crippen molar-refractivity contribution in [1.29, 1.82) is 0 Å². The Kier molecular flexibility index (Phi) is 22.4. The van der Waals surface area contributed by atoms with Crippen molar-refractivity contribution in [2.45, 2.75) is 142 Å². The molecule has 0 fully saturated rings. The summed E-state index contributed by atoms with van der Waals surface area (Å²) in [6.07, 6.45) is 27.3. The highest BCUT2D eigenvalue weighted by Crippen LogP contribution is 2.15. The molecule has 172 valence electrons. The lowest BCUT2D eigenvalue weighted by Crippen LogP contribution is -2.28. The molecule has 0 radical (unpaired) electrons. The second-order valence-corrected chi connectivity index (χ2v) is 8.64.